The fraction of sp³-hybridized carbons (Fsp3) is 0.550. The van der Waals surface area contributed by atoms with Crippen LogP contribution in [0.5, 0.6) is 0 Å². The lowest BCUT2D eigenvalue weighted by Gasteiger charge is -2.02. The second-order valence-corrected chi connectivity index (χ2v) is 5.86. The standard InChI is InChI=1S/C20H32O5/c21-17-10-6-2-1-3-7-12-18(22)13-8-4-5-9-14-19(23)15-11-16-20(24)25/h3-5,7-9,13-14,18-19,21-23H,1-2,6,10-12,15-17H2,(H,24,25)/b5-4-,7-3+,13-8+,14-9+/t18-,19+/m0/s1. The largest absolute Gasteiger partial charge is 0.481 e. The van der Waals surface area contributed by atoms with Crippen molar-refractivity contribution < 1.29 is 25.2 Å². The van der Waals surface area contributed by atoms with Crippen molar-refractivity contribution in [2.24, 2.45) is 0 Å². The molecule has 2 atom stereocenters. The Morgan fingerprint density at radius 1 is 0.840 bits per heavy atom. The number of allylic oxidation sites excluding steroid dienone is 5. The molecule has 0 aliphatic carbocycles. The van der Waals surface area contributed by atoms with Crippen molar-refractivity contribution >= 4 is 5.97 Å². The Hall–Kier alpha value is -1.69. The van der Waals surface area contributed by atoms with E-state index in [4.69, 9.17) is 10.2 Å². The molecular weight excluding hydrogens is 320 g/mol. The van der Waals surface area contributed by atoms with Crippen LogP contribution in [0.1, 0.15) is 51.4 Å². The van der Waals surface area contributed by atoms with E-state index in [2.05, 4.69) is 6.08 Å². The fourth-order valence-electron chi connectivity index (χ4n) is 2.05. The number of carboxylic acids is 1. The zero-order valence-electron chi connectivity index (χ0n) is 14.8. The smallest absolute Gasteiger partial charge is 0.303 e. The summed E-state index contributed by atoms with van der Waals surface area (Å²) in [6, 6.07) is 0. The van der Waals surface area contributed by atoms with Crippen LogP contribution < -0.4 is 0 Å². The number of rotatable bonds is 15. The van der Waals surface area contributed by atoms with Crippen LogP contribution >= 0.6 is 0 Å². The highest BCUT2D eigenvalue weighted by atomic mass is 16.4. The maximum Gasteiger partial charge on any atom is 0.303 e. The van der Waals surface area contributed by atoms with Crippen molar-refractivity contribution in [1.82, 2.24) is 0 Å². The van der Waals surface area contributed by atoms with Crippen molar-refractivity contribution in [3.05, 3.63) is 48.6 Å². The second-order valence-electron chi connectivity index (χ2n) is 5.86. The van der Waals surface area contributed by atoms with Crippen molar-refractivity contribution in [2.45, 2.75) is 63.6 Å². The van der Waals surface area contributed by atoms with Gasteiger partial charge in [-0.05, 0) is 38.5 Å². The van der Waals surface area contributed by atoms with Gasteiger partial charge in [0.1, 0.15) is 0 Å². The number of unbranched alkanes of at least 4 members (excludes halogenated alkanes) is 3. The number of aliphatic hydroxyl groups is 3. The molecule has 0 aliphatic rings. The highest BCUT2D eigenvalue weighted by molar-refractivity contribution is 5.66. The van der Waals surface area contributed by atoms with Crippen molar-refractivity contribution in [3.63, 3.8) is 0 Å². The Kier molecular flexibility index (Phi) is 16.0. The number of aliphatic carboxylic acids is 1. The predicted molar refractivity (Wildman–Crippen MR) is 100 cm³/mol. The van der Waals surface area contributed by atoms with Crippen molar-refractivity contribution in [1.29, 1.82) is 0 Å². The van der Waals surface area contributed by atoms with Gasteiger partial charge in [-0.2, -0.15) is 0 Å². The van der Waals surface area contributed by atoms with E-state index in [9.17, 15) is 15.0 Å². The molecule has 0 radical (unpaired) electrons. The number of carboxylic acid groups (broad SMARTS) is 1. The Morgan fingerprint density at radius 2 is 1.52 bits per heavy atom. The zero-order valence-corrected chi connectivity index (χ0v) is 14.8. The van der Waals surface area contributed by atoms with Crippen LogP contribution in [0.4, 0.5) is 0 Å². The topological polar surface area (TPSA) is 98.0 Å². The summed E-state index contributed by atoms with van der Waals surface area (Å²) >= 11 is 0. The van der Waals surface area contributed by atoms with Crippen LogP contribution in [0.3, 0.4) is 0 Å². The third kappa shape index (κ3) is 18.5. The van der Waals surface area contributed by atoms with E-state index < -0.39 is 18.2 Å². The number of aliphatic hydroxyl groups excluding tert-OH is 3. The van der Waals surface area contributed by atoms with E-state index >= 15 is 0 Å². The van der Waals surface area contributed by atoms with Gasteiger partial charge in [0.2, 0.25) is 0 Å². The maximum atomic E-state index is 10.4. The van der Waals surface area contributed by atoms with Gasteiger partial charge in [-0.15, -0.1) is 0 Å². The Morgan fingerprint density at radius 3 is 2.16 bits per heavy atom. The third-order valence-electron chi connectivity index (χ3n) is 3.46. The van der Waals surface area contributed by atoms with Crippen LogP contribution in [-0.4, -0.2) is 45.2 Å². The quantitative estimate of drug-likeness (QED) is 0.206. The molecule has 0 unspecified atom stereocenters. The summed E-state index contributed by atoms with van der Waals surface area (Å²) in [7, 11) is 0. The van der Waals surface area contributed by atoms with E-state index in [-0.39, 0.29) is 13.0 Å². The van der Waals surface area contributed by atoms with E-state index in [0.717, 1.165) is 25.7 Å². The first-order valence-electron chi connectivity index (χ1n) is 8.91. The first-order chi connectivity index (χ1) is 12.1. The molecule has 5 heteroatoms. The molecule has 0 saturated heterocycles. The van der Waals surface area contributed by atoms with Gasteiger partial charge in [-0.1, -0.05) is 55.0 Å². The van der Waals surface area contributed by atoms with Gasteiger partial charge in [0.05, 0.1) is 12.2 Å². The lowest BCUT2D eigenvalue weighted by Crippen LogP contribution is -2.03. The zero-order chi connectivity index (χ0) is 18.8. The Bertz CT molecular complexity index is 437. The summed E-state index contributed by atoms with van der Waals surface area (Å²) in [5.74, 6) is -0.851. The molecular formula is C20H32O5. The summed E-state index contributed by atoms with van der Waals surface area (Å²) in [5, 5.41) is 36.5. The van der Waals surface area contributed by atoms with E-state index in [0.29, 0.717) is 19.3 Å². The first kappa shape index (κ1) is 23.3. The SMILES string of the molecule is O=C(O)CCC[C@H](O)/C=C/C=C\C=C\[C@@H](O)C/C=C/CCCCCO. The van der Waals surface area contributed by atoms with Gasteiger partial charge in [0.15, 0.2) is 0 Å². The van der Waals surface area contributed by atoms with Crippen LogP contribution in [0, 0.1) is 0 Å². The van der Waals surface area contributed by atoms with Gasteiger partial charge < -0.3 is 20.4 Å². The van der Waals surface area contributed by atoms with Crippen molar-refractivity contribution in [3.8, 4) is 0 Å². The monoisotopic (exact) mass is 352 g/mol. The fourth-order valence-corrected chi connectivity index (χ4v) is 2.05. The lowest BCUT2D eigenvalue weighted by atomic mass is 10.1. The molecule has 25 heavy (non-hydrogen) atoms. The van der Waals surface area contributed by atoms with Gasteiger partial charge in [0.25, 0.3) is 0 Å². The van der Waals surface area contributed by atoms with E-state index in [1.165, 1.54) is 0 Å². The maximum absolute atomic E-state index is 10.4. The molecule has 0 aliphatic heterocycles. The Labute approximate surface area is 150 Å². The second kappa shape index (κ2) is 17.1. The van der Waals surface area contributed by atoms with Gasteiger partial charge >= 0.3 is 5.97 Å². The van der Waals surface area contributed by atoms with Gasteiger partial charge in [0, 0.05) is 13.0 Å². The van der Waals surface area contributed by atoms with Crippen molar-refractivity contribution in [2.75, 3.05) is 6.61 Å². The first-order valence-corrected chi connectivity index (χ1v) is 8.91. The number of hydrogen-bond acceptors (Lipinski definition) is 4. The molecule has 0 saturated carbocycles. The van der Waals surface area contributed by atoms with Crippen LogP contribution in [0.25, 0.3) is 0 Å². The van der Waals surface area contributed by atoms with Gasteiger partial charge in [-0.3, -0.25) is 4.79 Å². The molecule has 0 spiro atoms. The molecule has 142 valence electrons. The lowest BCUT2D eigenvalue weighted by molar-refractivity contribution is -0.137. The number of carbonyl (C=O) groups is 1. The van der Waals surface area contributed by atoms with Gasteiger partial charge in [-0.25, -0.2) is 0 Å². The molecule has 0 rings (SSSR count). The molecule has 0 bridgehead atoms. The summed E-state index contributed by atoms with van der Waals surface area (Å²) in [4.78, 5) is 10.4. The summed E-state index contributed by atoms with van der Waals surface area (Å²) in [5.41, 5.74) is 0. The summed E-state index contributed by atoms with van der Waals surface area (Å²) in [6.45, 7) is 0.250. The summed E-state index contributed by atoms with van der Waals surface area (Å²) < 4.78 is 0. The molecule has 0 aromatic rings. The minimum absolute atomic E-state index is 0.0679. The Balaban J connectivity index is 3.79. The van der Waals surface area contributed by atoms with Crippen LogP contribution in [-0.2, 0) is 4.79 Å². The molecule has 0 amide bonds. The minimum atomic E-state index is -0.851. The third-order valence-corrected chi connectivity index (χ3v) is 3.46. The minimum Gasteiger partial charge on any atom is -0.481 e. The van der Waals surface area contributed by atoms with Crippen LogP contribution in [0.15, 0.2) is 48.6 Å². The number of hydrogen-bond donors (Lipinski definition) is 4. The van der Waals surface area contributed by atoms with Crippen LogP contribution in [0.2, 0.25) is 0 Å². The average molecular weight is 352 g/mol. The van der Waals surface area contributed by atoms with E-state index in [1.807, 2.05) is 6.08 Å². The highest BCUT2D eigenvalue weighted by Crippen LogP contribution is 2.03. The summed E-state index contributed by atoms with van der Waals surface area (Å²) in [6.07, 6.45) is 18.5. The molecule has 0 aromatic carbocycles. The molecule has 4 N–H and O–H groups in total. The molecule has 0 heterocycles. The molecule has 0 fully saturated rings. The molecule has 0 aromatic heterocycles. The normalized spacial score (nSPS) is 15.0. The highest BCUT2D eigenvalue weighted by Gasteiger charge is 2.01. The predicted octanol–water partition coefficient (Wildman–Crippen LogP) is 3.13. The molecule has 5 nitrogen and oxygen atoms in total. The average Bonchev–Trinajstić information content (AvgIpc) is 2.56. The van der Waals surface area contributed by atoms with E-state index in [1.54, 1.807) is 36.5 Å².